The molecular formula is C20H21NO6S. The second-order valence-electron chi connectivity index (χ2n) is 6.58. The minimum absolute atomic E-state index is 0.0535. The minimum atomic E-state index is -3.09. The number of carbonyl (C=O) groups is 2. The Bertz CT molecular complexity index is 958. The molecule has 0 aromatic heterocycles. The van der Waals surface area contributed by atoms with Crippen LogP contribution >= 0.6 is 0 Å². The lowest BCUT2D eigenvalue weighted by atomic mass is 10.2. The summed E-state index contributed by atoms with van der Waals surface area (Å²) in [4.78, 5) is 25.8. The van der Waals surface area contributed by atoms with Crippen molar-refractivity contribution in [1.29, 1.82) is 0 Å². The fourth-order valence-corrected chi connectivity index (χ4v) is 4.68. The average molecular weight is 403 g/mol. The highest BCUT2D eigenvalue weighted by molar-refractivity contribution is 7.91. The topological polar surface area (TPSA) is 90.0 Å². The van der Waals surface area contributed by atoms with E-state index in [2.05, 4.69) is 0 Å². The molecule has 0 bridgehead atoms. The first-order valence-corrected chi connectivity index (χ1v) is 10.6. The number of rotatable bonds is 6. The summed E-state index contributed by atoms with van der Waals surface area (Å²) in [6, 6.07) is 15.2. The van der Waals surface area contributed by atoms with E-state index < -0.39 is 28.3 Å². The highest BCUT2D eigenvalue weighted by Gasteiger charge is 2.32. The smallest absolute Gasteiger partial charge is 0.338 e. The third-order valence-electron chi connectivity index (χ3n) is 4.52. The van der Waals surface area contributed by atoms with Gasteiger partial charge in [-0.25, -0.2) is 13.2 Å². The summed E-state index contributed by atoms with van der Waals surface area (Å²) in [6.07, 6.45) is 0.400. The van der Waals surface area contributed by atoms with E-state index in [1.807, 2.05) is 18.2 Å². The molecule has 0 N–H and O–H groups in total. The molecule has 0 saturated carbocycles. The van der Waals surface area contributed by atoms with Gasteiger partial charge in [-0.1, -0.05) is 24.3 Å². The Hall–Kier alpha value is -2.87. The maximum atomic E-state index is 12.3. The van der Waals surface area contributed by atoms with E-state index in [1.165, 1.54) is 18.0 Å². The molecule has 1 aliphatic rings. The molecule has 1 unspecified atom stereocenters. The second-order valence-corrected chi connectivity index (χ2v) is 8.81. The van der Waals surface area contributed by atoms with Gasteiger partial charge in [-0.3, -0.25) is 4.79 Å². The number of benzene rings is 2. The number of sulfone groups is 1. The molecule has 2 aromatic carbocycles. The van der Waals surface area contributed by atoms with Gasteiger partial charge in [0.25, 0.3) is 5.91 Å². The Balaban J connectivity index is 1.56. The molecule has 0 aliphatic carbocycles. The molecule has 8 heteroatoms. The molecule has 1 aliphatic heterocycles. The summed E-state index contributed by atoms with van der Waals surface area (Å²) in [6.45, 7) is -0.449. The molecular weight excluding hydrogens is 382 g/mol. The van der Waals surface area contributed by atoms with Crippen molar-refractivity contribution in [2.45, 2.75) is 12.5 Å². The van der Waals surface area contributed by atoms with Gasteiger partial charge in [-0.2, -0.15) is 0 Å². The van der Waals surface area contributed by atoms with Crippen LogP contribution in [0, 0.1) is 0 Å². The van der Waals surface area contributed by atoms with Crippen LogP contribution in [0.4, 0.5) is 0 Å². The van der Waals surface area contributed by atoms with E-state index in [0.717, 1.165) is 0 Å². The minimum Gasteiger partial charge on any atom is -0.457 e. The van der Waals surface area contributed by atoms with Gasteiger partial charge in [0.05, 0.1) is 17.1 Å². The van der Waals surface area contributed by atoms with Gasteiger partial charge in [0, 0.05) is 13.1 Å². The molecule has 1 heterocycles. The first-order valence-electron chi connectivity index (χ1n) is 8.80. The number of ether oxygens (including phenoxy) is 2. The van der Waals surface area contributed by atoms with Crippen molar-refractivity contribution in [3.05, 3.63) is 60.2 Å². The largest absolute Gasteiger partial charge is 0.457 e. The summed E-state index contributed by atoms with van der Waals surface area (Å²) in [7, 11) is -1.57. The highest BCUT2D eigenvalue weighted by atomic mass is 32.2. The Kier molecular flexibility index (Phi) is 5.99. The Labute approximate surface area is 163 Å². The van der Waals surface area contributed by atoms with Crippen LogP contribution in [0.5, 0.6) is 11.5 Å². The fourth-order valence-electron chi connectivity index (χ4n) is 2.91. The number of hydrogen-bond donors (Lipinski definition) is 0. The standard InChI is InChI=1S/C20H21NO6S/c1-21(16-10-11-28(24,25)14-16)19(22)13-26-20(23)15-6-5-9-18(12-15)27-17-7-3-2-4-8-17/h2-9,12,16H,10-11,13-14H2,1H3. The monoisotopic (exact) mass is 403 g/mol. The summed E-state index contributed by atoms with van der Waals surface area (Å²) in [5, 5.41) is 0. The maximum Gasteiger partial charge on any atom is 0.338 e. The lowest BCUT2D eigenvalue weighted by Gasteiger charge is -2.23. The van der Waals surface area contributed by atoms with E-state index in [0.29, 0.717) is 17.9 Å². The number of likely N-dealkylation sites (N-methyl/N-ethyl adjacent to an activating group) is 1. The van der Waals surface area contributed by atoms with E-state index >= 15 is 0 Å². The van der Waals surface area contributed by atoms with Gasteiger partial charge >= 0.3 is 5.97 Å². The number of nitrogens with zero attached hydrogens (tertiary/aromatic N) is 1. The predicted octanol–water partition coefficient (Wildman–Crippen LogP) is 2.28. The van der Waals surface area contributed by atoms with E-state index in [9.17, 15) is 18.0 Å². The molecule has 1 atom stereocenters. The van der Waals surface area contributed by atoms with Crippen LogP contribution in [0.1, 0.15) is 16.8 Å². The van der Waals surface area contributed by atoms with E-state index in [1.54, 1.807) is 30.3 Å². The lowest BCUT2D eigenvalue weighted by Crippen LogP contribution is -2.40. The van der Waals surface area contributed by atoms with Gasteiger partial charge in [-0.15, -0.1) is 0 Å². The molecule has 0 spiro atoms. The number of carbonyl (C=O) groups excluding carboxylic acids is 2. The van der Waals surface area contributed by atoms with Crippen LogP contribution in [-0.2, 0) is 19.4 Å². The normalized spacial score (nSPS) is 17.7. The summed E-state index contributed by atoms with van der Waals surface area (Å²) in [5.74, 6) is 0.0359. The SMILES string of the molecule is CN(C(=O)COC(=O)c1cccc(Oc2ccccc2)c1)C1CCS(=O)(=O)C1. The summed E-state index contributed by atoms with van der Waals surface area (Å²) in [5.41, 5.74) is 0.257. The number of esters is 1. The van der Waals surface area contributed by atoms with Gasteiger partial charge in [0.15, 0.2) is 16.4 Å². The van der Waals surface area contributed by atoms with Crippen molar-refractivity contribution < 1.29 is 27.5 Å². The van der Waals surface area contributed by atoms with Crippen LogP contribution in [-0.4, -0.2) is 56.4 Å². The van der Waals surface area contributed by atoms with Crippen molar-refractivity contribution in [2.24, 2.45) is 0 Å². The highest BCUT2D eigenvalue weighted by Crippen LogP contribution is 2.22. The molecule has 1 fully saturated rings. The molecule has 2 aromatic rings. The lowest BCUT2D eigenvalue weighted by molar-refractivity contribution is -0.134. The van der Waals surface area contributed by atoms with Gasteiger partial charge < -0.3 is 14.4 Å². The molecule has 148 valence electrons. The van der Waals surface area contributed by atoms with E-state index in [4.69, 9.17) is 9.47 Å². The molecule has 1 saturated heterocycles. The van der Waals surface area contributed by atoms with Crippen molar-refractivity contribution in [2.75, 3.05) is 25.2 Å². The number of para-hydroxylation sites is 1. The zero-order valence-electron chi connectivity index (χ0n) is 15.4. The van der Waals surface area contributed by atoms with Crippen LogP contribution in [0.15, 0.2) is 54.6 Å². The van der Waals surface area contributed by atoms with Gasteiger partial charge in [0.1, 0.15) is 11.5 Å². The molecule has 28 heavy (non-hydrogen) atoms. The van der Waals surface area contributed by atoms with Crippen LogP contribution in [0.3, 0.4) is 0 Å². The third-order valence-corrected chi connectivity index (χ3v) is 6.28. The quantitative estimate of drug-likeness (QED) is 0.688. The summed E-state index contributed by atoms with van der Waals surface area (Å²) < 4.78 is 33.9. The first kappa shape index (κ1) is 19.9. The number of amides is 1. The molecule has 7 nitrogen and oxygen atoms in total. The van der Waals surface area contributed by atoms with Crippen molar-refractivity contribution in [3.63, 3.8) is 0 Å². The van der Waals surface area contributed by atoms with Crippen molar-refractivity contribution >= 4 is 21.7 Å². The first-order chi connectivity index (χ1) is 13.3. The molecule has 0 radical (unpaired) electrons. The Morgan fingerprint density at radius 2 is 1.79 bits per heavy atom. The zero-order valence-corrected chi connectivity index (χ0v) is 16.2. The molecule has 3 rings (SSSR count). The van der Waals surface area contributed by atoms with Crippen molar-refractivity contribution in [3.8, 4) is 11.5 Å². The van der Waals surface area contributed by atoms with Crippen LogP contribution < -0.4 is 4.74 Å². The van der Waals surface area contributed by atoms with Gasteiger partial charge in [0.2, 0.25) is 0 Å². The third kappa shape index (κ3) is 5.10. The van der Waals surface area contributed by atoms with E-state index in [-0.39, 0.29) is 23.1 Å². The molecule has 1 amide bonds. The second kappa shape index (κ2) is 8.43. The zero-order chi connectivity index (χ0) is 20.1. The Morgan fingerprint density at radius 3 is 2.46 bits per heavy atom. The number of hydrogen-bond acceptors (Lipinski definition) is 6. The summed E-state index contributed by atoms with van der Waals surface area (Å²) >= 11 is 0. The average Bonchev–Trinajstić information content (AvgIpc) is 3.06. The fraction of sp³-hybridized carbons (Fsp3) is 0.300. The van der Waals surface area contributed by atoms with Gasteiger partial charge in [-0.05, 0) is 36.8 Å². The maximum absolute atomic E-state index is 12.3. The van der Waals surface area contributed by atoms with Crippen LogP contribution in [0.2, 0.25) is 0 Å². The predicted molar refractivity (Wildman–Crippen MR) is 103 cm³/mol. The Morgan fingerprint density at radius 1 is 1.07 bits per heavy atom. The van der Waals surface area contributed by atoms with Crippen LogP contribution in [0.25, 0.3) is 0 Å². The van der Waals surface area contributed by atoms with Crippen molar-refractivity contribution in [1.82, 2.24) is 4.90 Å².